The van der Waals surface area contributed by atoms with Crippen molar-refractivity contribution >= 4 is 5.97 Å². The molecule has 0 radical (unpaired) electrons. The van der Waals surface area contributed by atoms with Crippen molar-refractivity contribution in [2.24, 2.45) is 0 Å². The molecule has 5 nitrogen and oxygen atoms in total. The van der Waals surface area contributed by atoms with Crippen molar-refractivity contribution in [2.75, 3.05) is 26.7 Å². The van der Waals surface area contributed by atoms with Crippen LogP contribution in [0.4, 0.5) is 0 Å². The van der Waals surface area contributed by atoms with Crippen LogP contribution in [0.15, 0.2) is 16.7 Å². The summed E-state index contributed by atoms with van der Waals surface area (Å²) in [6.07, 6.45) is 3.81. The topological polar surface area (TPSA) is 54.7 Å². The van der Waals surface area contributed by atoms with E-state index in [2.05, 4.69) is 17.1 Å². The molecule has 106 valence electrons. The first-order valence-corrected chi connectivity index (χ1v) is 6.85. The normalized spacial score (nSPS) is 19.0. The van der Waals surface area contributed by atoms with Crippen LogP contribution >= 0.6 is 0 Å². The molecule has 1 fully saturated rings. The summed E-state index contributed by atoms with van der Waals surface area (Å²) in [6, 6.07) is 2.40. The molecule has 0 aliphatic carbocycles. The molecule has 1 aromatic heterocycles. The fourth-order valence-corrected chi connectivity index (χ4v) is 2.58. The first-order chi connectivity index (χ1) is 9.26. The second-order valence-electron chi connectivity index (χ2n) is 4.88. The largest absolute Gasteiger partial charge is 0.463 e. The Balaban J connectivity index is 2.08. The summed E-state index contributed by atoms with van der Waals surface area (Å²) in [5.41, 5.74) is 0.909. The number of rotatable bonds is 6. The molecule has 1 aromatic rings. The maximum Gasteiger partial charge on any atom is 0.374 e. The van der Waals surface area contributed by atoms with Crippen molar-refractivity contribution in [3.8, 4) is 0 Å². The fourth-order valence-electron chi connectivity index (χ4n) is 2.58. The third-order valence-electron chi connectivity index (χ3n) is 3.55. The van der Waals surface area contributed by atoms with Crippen molar-refractivity contribution in [3.63, 3.8) is 0 Å². The molecular weight excluding hydrogens is 244 g/mol. The van der Waals surface area contributed by atoms with Gasteiger partial charge < -0.3 is 14.5 Å². The molecule has 0 aromatic carbocycles. The van der Waals surface area contributed by atoms with Gasteiger partial charge in [0.05, 0.1) is 13.4 Å². The summed E-state index contributed by atoms with van der Waals surface area (Å²) in [4.78, 5) is 14.0. The first kappa shape index (κ1) is 14.1. The Kier molecular flexibility index (Phi) is 4.99. The summed E-state index contributed by atoms with van der Waals surface area (Å²) in [5, 5.41) is 3.38. The van der Waals surface area contributed by atoms with Crippen molar-refractivity contribution in [1.29, 1.82) is 0 Å². The highest BCUT2D eigenvalue weighted by molar-refractivity contribution is 5.87. The highest BCUT2D eigenvalue weighted by Crippen LogP contribution is 2.18. The van der Waals surface area contributed by atoms with E-state index in [4.69, 9.17) is 9.15 Å². The Bertz CT molecular complexity index is 411. The van der Waals surface area contributed by atoms with Gasteiger partial charge in [-0.15, -0.1) is 0 Å². The van der Waals surface area contributed by atoms with Crippen LogP contribution in [0.1, 0.15) is 35.9 Å². The van der Waals surface area contributed by atoms with E-state index in [9.17, 15) is 4.79 Å². The van der Waals surface area contributed by atoms with Gasteiger partial charge in [-0.3, -0.25) is 4.90 Å². The average molecular weight is 266 g/mol. The Morgan fingerprint density at radius 3 is 3.11 bits per heavy atom. The van der Waals surface area contributed by atoms with E-state index < -0.39 is 5.97 Å². The van der Waals surface area contributed by atoms with Crippen molar-refractivity contribution in [1.82, 2.24) is 10.2 Å². The molecule has 0 bridgehead atoms. The molecule has 2 rings (SSSR count). The number of hydrogen-bond acceptors (Lipinski definition) is 5. The highest BCUT2D eigenvalue weighted by Gasteiger charge is 2.24. The first-order valence-electron chi connectivity index (χ1n) is 6.85. The SMILES string of the molecule is CCCN(Cc1ccoc1C(=O)OC)C1CCNC1. The molecule has 1 N–H and O–H groups in total. The van der Waals surface area contributed by atoms with Crippen molar-refractivity contribution < 1.29 is 13.9 Å². The second kappa shape index (κ2) is 6.73. The molecule has 1 atom stereocenters. The molecule has 0 amide bonds. The highest BCUT2D eigenvalue weighted by atomic mass is 16.5. The maximum atomic E-state index is 11.6. The molecule has 1 saturated heterocycles. The van der Waals surface area contributed by atoms with Crippen LogP contribution in [0.2, 0.25) is 0 Å². The number of carbonyl (C=O) groups excluding carboxylic acids is 1. The van der Waals surface area contributed by atoms with Gasteiger partial charge in [-0.05, 0) is 32.0 Å². The molecule has 1 aliphatic heterocycles. The summed E-state index contributed by atoms with van der Waals surface area (Å²) >= 11 is 0. The van der Waals surface area contributed by atoms with Gasteiger partial charge in [-0.1, -0.05) is 6.92 Å². The van der Waals surface area contributed by atoms with Gasteiger partial charge in [-0.2, -0.15) is 0 Å². The lowest BCUT2D eigenvalue weighted by atomic mass is 10.1. The zero-order chi connectivity index (χ0) is 13.7. The Morgan fingerprint density at radius 2 is 2.47 bits per heavy atom. The molecule has 0 saturated carbocycles. The van der Waals surface area contributed by atoms with Crippen LogP contribution in [0, 0.1) is 0 Å². The summed E-state index contributed by atoms with van der Waals surface area (Å²) in [7, 11) is 1.37. The number of carbonyl (C=O) groups is 1. The van der Waals surface area contributed by atoms with E-state index in [1.807, 2.05) is 6.07 Å². The van der Waals surface area contributed by atoms with Gasteiger partial charge in [0.15, 0.2) is 0 Å². The van der Waals surface area contributed by atoms with E-state index >= 15 is 0 Å². The van der Waals surface area contributed by atoms with Crippen LogP contribution in [0.3, 0.4) is 0 Å². The van der Waals surface area contributed by atoms with E-state index in [0.717, 1.165) is 44.6 Å². The standard InChI is InChI=1S/C14H22N2O3/c1-3-7-16(12-4-6-15-9-12)10-11-5-8-19-13(11)14(17)18-2/h5,8,12,15H,3-4,6-7,9-10H2,1-2H3. The van der Waals surface area contributed by atoms with Crippen LogP contribution in [0.5, 0.6) is 0 Å². The van der Waals surface area contributed by atoms with Gasteiger partial charge in [0.25, 0.3) is 0 Å². The minimum Gasteiger partial charge on any atom is -0.463 e. The molecule has 1 unspecified atom stereocenters. The summed E-state index contributed by atoms with van der Waals surface area (Å²) < 4.78 is 9.98. The minimum atomic E-state index is -0.402. The van der Waals surface area contributed by atoms with Crippen LogP contribution in [-0.2, 0) is 11.3 Å². The van der Waals surface area contributed by atoms with Crippen molar-refractivity contribution in [2.45, 2.75) is 32.4 Å². The van der Waals surface area contributed by atoms with Crippen LogP contribution in [-0.4, -0.2) is 43.7 Å². The number of hydrogen-bond donors (Lipinski definition) is 1. The van der Waals surface area contributed by atoms with Gasteiger partial charge >= 0.3 is 5.97 Å². The van der Waals surface area contributed by atoms with E-state index in [-0.39, 0.29) is 0 Å². The molecule has 0 spiro atoms. The Morgan fingerprint density at radius 1 is 1.63 bits per heavy atom. The van der Waals surface area contributed by atoms with Crippen LogP contribution < -0.4 is 5.32 Å². The monoisotopic (exact) mass is 266 g/mol. The Labute approximate surface area is 113 Å². The Hall–Kier alpha value is -1.33. The van der Waals surface area contributed by atoms with E-state index in [0.29, 0.717) is 11.8 Å². The van der Waals surface area contributed by atoms with Gasteiger partial charge in [-0.25, -0.2) is 4.79 Å². The number of nitrogens with one attached hydrogen (secondary N) is 1. The lowest BCUT2D eigenvalue weighted by Crippen LogP contribution is -2.37. The number of nitrogens with zero attached hydrogens (tertiary/aromatic N) is 1. The van der Waals surface area contributed by atoms with Gasteiger partial charge in [0.2, 0.25) is 5.76 Å². The molecule has 19 heavy (non-hydrogen) atoms. The molecular formula is C14H22N2O3. The van der Waals surface area contributed by atoms with Gasteiger partial charge in [0, 0.05) is 24.7 Å². The summed E-state index contributed by atoms with van der Waals surface area (Å²) in [6.45, 7) is 6.02. The fraction of sp³-hybridized carbons (Fsp3) is 0.643. The molecule has 2 heterocycles. The van der Waals surface area contributed by atoms with E-state index in [1.54, 1.807) is 6.26 Å². The third-order valence-corrected chi connectivity index (χ3v) is 3.55. The lowest BCUT2D eigenvalue weighted by Gasteiger charge is -2.27. The summed E-state index contributed by atoms with van der Waals surface area (Å²) in [5.74, 6) is -0.0736. The maximum absolute atomic E-state index is 11.6. The smallest absolute Gasteiger partial charge is 0.374 e. The predicted octanol–water partition coefficient (Wildman–Crippen LogP) is 1.64. The van der Waals surface area contributed by atoms with Crippen molar-refractivity contribution in [3.05, 3.63) is 23.7 Å². The predicted molar refractivity (Wildman–Crippen MR) is 72.0 cm³/mol. The number of furan rings is 1. The number of ether oxygens (including phenoxy) is 1. The second-order valence-corrected chi connectivity index (χ2v) is 4.88. The number of esters is 1. The quantitative estimate of drug-likeness (QED) is 0.793. The third kappa shape index (κ3) is 3.36. The number of methoxy groups -OCH3 is 1. The minimum absolute atomic E-state index is 0.328. The van der Waals surface area contributed by atoms with Gasteiger partial charge in [0.1, 0.15) is 0 Å². The average Bonchev–Trinajstić information content (AvgIpc) is 3.08. The van der Waals surface area contributed by atoms with Crippen LogP contribution in [0.25, 0.3) is 0 Å². The lowest BCUT2D eigenvalue weighted by molar-refractivity contribution is 0.0561. The molecule has 5 heteroatoms. The zero-order valence-corrected chi connectivity index (χ0v) is 11.6. The molecule has 1 aliphatic rings. The van der Waals surface area contributed by atoms with E-state index in [1.165, 1.54) is 7.11 Å². The zero-order valence-electron chi connectivity index (χ0n) is 11.6.